The smallest absolute Gasteiger partial charge is 0.227 e. The van der Waals surface area contributed by atoms with Gasteiger partial charge in [-0.2, -0.15) is 10.1 Å². The Balaban J connectivity index is 1.44. The van der Waals surface area contributed by atoms with Crippen molar-refractivity contribution in [3.8, 4) is 5.69 Å². The highest BCUT2D eigenvalue weighted by atomic mass is 32.2. The summed E-state index contributed by atoms with van der Waals surface area (Å²) >= 11 is 0. The molecule has 0 radical (unpaired) electrons. The van der Waals surface area contributed by atoms with E-state index in [9.17, 15) is 8.42 Å². The van der Waals surface area contributed by atoms with Gasteiger partial charge in [-0.25, -0.2) is 13.1 Å². The van der Waals surface area contributed by atoms with Crippen molar-refractivity contribution >= 4 is 9.84 Å². The molecule has 1 saturated carbocycles. The number of hydrogen-bond acceptors (Lipinski definition) is 6. The van der Waals surface area contributed by atoms with Crippen LogP contribution in [0.1, 0.15) is 30.1 Å². The molecule has 1 aliphatic carbocycles. The van der Waals surface area contributed by atoms with Crippen molar-refractivity contribution in [1.82, 2.24) is 19.9 Å². The predicted octanol–water partition coefficient (Wildman–Crippen LogP) is 2.07. The van der Waals surface area contributed by atoms with Crippen LogP contribution in [0.4, 0.5) is 0 Å². The molecule has 4 rings (SSSR count). The molecule has 3 aromatic rings. The molecule has 0 aliphatic heterocycles. The largest absolute Gasteiger partial charge is 0.339 e. The van der Waals surface area contributed by atoms with Crippen LogP contribution in [-0.4, -0.2) is 34.6 Å². The third-order valence-corrected chi connectivity index (χ3v) is 6.58. The van der Waals surface area contributed by atoms with Crippen LogP contribution in [0.15, 0.2) is 47.2 Å². The molecule has 0 unspecified atom stereocenters. The lowest BCUT2D eigenvalue weighted by atomic mass is 10.2. The van der Waals surface area contributed by atoms with Crippen LogP contribution in [-0.2, 0) is 27.4 Å². The second kappa shape index (κ2) is 5.80. The van der Waals surface area contributed by atoms with Crippen molar-refractivity contribution in [2.75, 3.05) is 6.26 Å². The minimum absolute atomic E-state index is 0.296. The topological polar surface area (TPSA) is 90.9 Å². The molecule has 0 saturated heterocycles. The fourth-order valence-corrected chi connectivity index (χ4v) is 4.14. The average Bonchev–Trinajstić information content (AvgIpc) is 3.07. The number of rotatable bonds is 6. The van der Waals surface area contributed by atoms with Gasteiger partial charge in [0.1, 0.15) is 4.75 Å². The van der Waals surface area contributed by atoms with Gasteiger partial charge in [0, 0.05) is 18.9 Å². The number of aryl methyl sites for hydroxylation is 2. The van der Waals surface area contributed by atoms with Crippen LogP contribution < -0.4 is 0 Å². The molecule has 1 fully saturated rings. The number of para-hydroxylation sites is 1. The Morgan fingerprint density at radius 1 is 1.20 bits per heavy atom. The quantitative estimate of drug-likeness (QED) is 0.670. The summed E-state index contributed by atoms with van der Waals surface area (Å²) in [5.74, 6) is 0.752. The Hall–Kier alpha value is -2.48. The van der Waals surface area contributed by atoms with Crippen molar-refractivity contribution in [3.63, 3.8) is 0 Å². The average molecular weight is 358 g/mol. The summed E-state index contributed by atoms with van der Waals surface area (Å²) in [6, 6.07) is 9.87. The fourth-order valence-electron chi connectivity index (χ4n) is 2.88. The van der Waals surface area contributed by atoms with Crippen LogP contribution in [0, 0.1) is 0 Å². The van der Waals surface area contributed by atoms with E-state index in [4.69, 9.17) is 4.52 Å². The molecule has 1 aliphatic rings. The van der Waals surface area contributed by atoms with Gasteiger partial charge in [-0.15, -0.1) is 0 Å². The summed E-state index contributed by atoms with van der Waals surface area (Å²) in [6.07, 6.45) is 7.37. The van der Waals surface area contributed by atoms with E-state index < -0.39 is 14.6 Å². The standard InChI is InChI=1S/C17H18N4O3S/c1-25(22,23)17(9-10-17)16-19-15(24-20-16)8-7-13-11-18-21(12-13)14-5-3-2-4-6-14/h2-6,11-12H,7-10H2,1H3. The number of nitrogens with zero attached hydrogens (tertiary/aromatic N) is 4. The molecule has 25 heavy (non-hydrogen) atoms. The van der Waals surface area contributed by atoms with Gasteiger partial charge in [0.05, 0.1) is 11.9 Å². The highest BCUT2D eigenvalue weighted by molar-refractivity contribution is 7.91. The zero-order valence-corrected chi connectivity index (χ0v) is 14.6. The van der Waals surface area contributed by atoms with E-state index in [2.05, 4.69) is 15.2 Å². The third kappa shape index (κ3) is 2.97. The van der Waals surface area contributed by atoms with Crippen molar-refractivity contribution in [3.05, 3.63) is 60.0 Å². The van der Waals surface area contributed by atoms with Crippen LogP contribution in [0.25, 0.3) is 5.69 Å². The molecular formula is C17H18N4O3S. The number of sulfone groups is 1. The van der Waals surface area contributed by atoms with Crippen LogP contribution >= 0.6 is 0 Å². The van der Waals surface area contributed by atoms with E-state index in [-0.39, 0.29) is 0 Å². The predicted molar refractivity (Wildman–Crippen MR) is 91.0 cm³/mol. The number of benzene rings is 1. The molecule has 1 aromatic carbocycles. The van der Waals surface area contributed by atoms with E-state index in [1.165, 1.54) is 6.26 Å². The molecule has 0 atom stereocenters. The molecule has 0 N–H and O–H groups in total. The van der Waals surface area contributed by atoms with Gasteiger partial charge in [-0.05, 0) is 37.0 Å². The Bertz CT molecular complexity index is 988. The Labute approximate surface area is 145 Å². The molecule has 2 heterocycles. The van der Waals surface area contributed by atoms with E-state index in [0.29, 0.717) is 37.4 Å². The monoisotopic (exact) mass is 358 g/mol. The Morgan fingerprint density at radius 3 is 2.64 bits per heavy atom. The van der Waals surface area contributed by atoms with Crippen LogP contribution in [0.2, 0.25) is 0 Å². The van der Waals surface area contributed by atoms with Crippen LogP contribution in [0.3, 0.4) is 0 Å². The van der Waals surface area contributed by atoms with E-state index in [1.54, 1.807) is 0 Å². The van der Waals surface area contributed by atoms with Crippen molar-refractivity contribution in [2.45, 2.75) is 30.4 Å². The molecule has 130 valence electrons. The first-order valence-corrected chi connectivity index (χ1v) is 9.99. The van der Waals surface area contributed by atoms with Gasteiger partial charge in [0.25, 0.3) is 0 Å². The first-order chi connectivity index (χ1) is 12.0. The molecular weight excluding hydrogens is 340 g/mol. The lowest BCUT2D eigenvalue weighted by molar-refractivity contribution is 0.371. The minimum Gasteiger partial charge on any atom is -0.339 e. The summed E-state index contributed by atoms with van der Waals surface area (Å²) in [4.78, 5) is 4.31. The maximum absolute atomic E-state index is 11.9. The van der Waals surface area contributed by atoms with Gasteiger partial charge in [-0.3, -0.25) is 0 Å². The summed E-state index contributed by atoms with van der Waals surface area (Å²) in [5.41, 5.74) is 2.05. The summed E-state index contributed by atoms with van der Waals surface area (Å²) in [5, 5.41) is 8.25. The van der Waals surface area contributed by atoms with Gasteiger partial charge < -0.3 is 4.52 Å². The highest BCUT2D eigenvalue weighted by Crippen LogP contribution is 2.51. The zero-order valence-electron chi connectivity index (χ0n) is 13.8. The Kier molecular flexibility index (Phi) is 3.72. The van der Waals surface area contributed by atoms with Gasteiger partial charge in [-0.1, -0.05) is 23.4 Å². The second-order valence-electron chi connectivity index (χ2n) is 6.41. The van der Waals surface area contributed by atoms with Gasteiger partial charge in [0.15, 0.2) is 15.7 Å². The SMILES string of the molecule is CS(=O)(=O)C1(c2noc(CCc3cnn(-c4ccccc4)c3)n2)CC1. The molecule has 8 heteroatoms. The summed E-state index contributed by atoms with van der Waals surface area (Å²) < 4.78 is 30.0. The lowest BCUT2D eigenvalue weighted by Crippen LogP contribution is -2.20. The van der Waals surface area contributed by atoms with E-state index in [0.717, 1.165) is 11.3 Å². The minimum atomic E-state index is -3.22. The molecule has 0 amide bonds. The molecule has 7 nitrogen and oxygen atoms in total. The lowest BCUT2D eigenvalue weighted by Gasteiger charge is -2.06. The first kappa shape index (κ1) is 16.0. The second-order valence-corrected chi connectivity index (χ2v) is 8.73. The van der Waals surface area contributed by atoms with Crippen LogP contribution in [0.5, 0.6) is 0 Å². The molecule has 2 aromatic heterocycles. The number of aromatic nitrogens is 4. The van der Waals surface area contributed by atoms with Crippen molar-refractivity contribution < 1.29 is 12.9 Å². The third-order valence-electron chi connectivity index (χ3n) is 4.57. The normalized spacial score (nSPS) is 16.0. The van der Waals surface area contributed by atoms with E-state index in [1.807, 2.05) is 47.4 Å². The number of hydrogen-bond donors (Lipinski definition) is 0. The molecule has 0 spiro atoms. The Morgan fingerprint density at radius 2 is 1.96 bits per heavy atom. The van der Waals surface area contributed by atoms with Gasteiger partial charge in [0.2, 0.25) is 5.89 Å². The van der Waals surface area contributed by atoms with Gasteiger partial charge >= 0.3 is 0 Å². The first-order valence-electron chi connectivity index (χ1n) is 8.10. The highest BCUT2D eigenvalue weighted by Gasteiger charge is 2.57. The fraction of sp³-hybridized carbons (Fsp3) is 0.353. The van der Waals surface area contributed by atoms with E-state index >= 15 is 0 Å². The summed E-state index contributed by atoms with van der Waals surface area (Å²) in [7, 11) is -3.22. The van der Waals surface area contributed by atoms with Crippen molar-refractivity contribution in [2.24, 2.45) is 0 Å². The molecule has 0 bridgehead atoms. The van der Waals surface area contributed by atoms with Crippen molar-refractivity contribution in [1.29, 1.82) is 0 Å². The zero-order chi connectivity index (χ0) is 17.5. The summed E-state index contributed by atoms with van der Waals surface area (Å²) in [6.45, 7) is 0. The maximum Gasteiger partial charge on any atom is 0.227 e. The maximum atomic E-state index is 11.9.